The number of halogens is 1. The third-order valence-corrected chi connectivity index (χ3v) is 2.63. The summed E-state index contributed by atoms with van der Waals surface area (Å²) >= 11 is 3.32. The van der Waals surface area contributed by atoms with Crippen molar-refractivity contribution in [2.24, 2.45) is 7.05 Å². The van der Waals surface area contributed by atoms with E-state index < -0.39 is 0 Å². The van der Waals surface area contributed by atoms with E-state index in [0.717, 1.165) is 10.0 Å². The summed E-state index contributed by atoms with van der Waals surface area (Å²) < 4.78 is 2.59. The molecular weight excluding hydrogens is 270 g/mol. The van der Waals surface area contributed by atoms with Gasteiger partial charge in [-0.3, -0.25) is 9.78 Å². The number of hydrogen-bond donors (Lipinski definition) is 0. The standard InChI is InChI=1S/C11H10BrN3O/c1-15-3-2-14-11(15)10(16)5-8-4-9(12)7-13-6-8/h2-4,6-7H,5H2,1H3. The van der Waals surface area contributed by atoms with Crippen molar-refractivity contribution in [3.63, 3.8) is 0 Å². The lowest BCUT2D eigenvalue weighted by Gasteiger charge is -2.01. The van der Waals surface area contributed by atoms with Crippen LogP contribution in [0.2, 0.25) is 0 Å². The number of ketones is 1. The summed E-state index contributed by atoms with van der Waals surface area (Å²) in [6.07, 6.45) is 7.07. The molecule has 2 aromatic rings. The van der Waals surface area contributed by atoms with Crippen LogP contribution in [0, 0.1) is 0 Å². The Morgan fingerprint density at radius 2 is 2.31 bits per heavy atom. The molecule has 2 aromatic heterocycles. The van der Waals surface area contributed by atoms with Crippen molar-refractivity contribution in [1.82, 2.24) is 14.5 Å². The number of rotatable bonds is 3. The molecule has 0 bridgehead atoms. The van der Waals surface area contributed by atoms with Crippen LogP contribution < -0.4 is 0 Å². The van der Waals surface area contributed by atoms with Crippen molar-refractivity contribution in [3.8, 4) is 0 Å². The Balaban J connectivity index is 2.17. The number of imidazole rings is 1. The van der Waals surface area contributed by atoms with Gasteiger partial charge in [-0.05, 0) is 27.6 Å². The molecule has 0 N–H and O–H groups in total. The zero-order chi connectivity index (χ0) is 11.5. The molecule has 0 unspecified atom stereocenters. The number of hydrogen-bond acceptors (Lipinski definition) is 3. The van der Waals surface area contributed by atoms with Gasteiger partial charge in [0, 0.05) is 42.7 Å². The van der Waals surface area contributed by atoms with Gasteiger partial charge in [0.15, 0.2) is 5.82 Å². The molecule has 0 aromatic carbocycles. The van der Waals surface area contributed by atoms with E-state index in [9.17, 15) is 4.79 Å². The normalized spacial score (nSPS) is 10.4. The minimum absolute atomic E-state index is 0.00704. The van der Waals surface area contributed by atoms with Crippen LogP contribution in [-0.2, 0) is 13.5 Å². The van der Waals surface area contributed by atoms with Crippen LogP contribution in [0.25, 0.3) is 0 Å². The fraction of sp³-hybridized carbons (Fsp3) is 0.182. The number of carbonyl (C=O) groups excluding carboxylic acids is 1. The molecule has 82 valence electrons. The molecular formula is C11H10BrN3O. The minimum Gasteiger partial charge on any atom is -0.332 e. The third-order valence-electron chi connectivity index (χ3n) is 2.20. The molecule has 0 radical (unpaired) electrons. The maximum Gasteiger partial charge on any atom is 0.202 e. The Morgan fingerprint density at radius 1 is 1.50 bits per heavy atom. The van der Waals surface area contributed by atoms with Crippen LogP contribution in [0.5, 0.6) is 0 Å². The molecule has 0 atom stereocenters. The Labute approximate surface area is 101 Å². The van der Waals surface area contributed by atoms with Crippen molar-refractivity contribution in [1.29, 1.82) is 0 Å². The predicted octanol–water partition coefficient (Wildman–Crippen LogP) is 2.00. The highest BCUT2D eigenvalue weighted by molar-refractivity contribution is 9.10. The van der Waals surface area contributed by atoms with Crippen molar-refractivity contribution in [2.75, 3.05) is 0 Å². The summed E-state index contributed by atoms with van der Waals surface area (Å²) in [5.41, 5.74) is 0.877. The summed E-state index contributed by atoms with van der Waals surface area (Å²) in [6, 6.07) is 1.88. The highest BCUT2D eigenvalue weighted by Crippen LogP contribution is 2.11. The van der Waals surface area contributed by atoms with Crippen molar-refractivity contribution >= 4 is 21.7 Å². The Kier molecular flexibility index (Phi) is 3.14. The first kappa shape index (κ1) is 11.0. The quantitative estimate of drug-likeness (QED) is 0.808. The fourth-order valence-corrected chi connectivity index (χ4v) is 1.86. The van der Waals surface area contributed by atoms with Gasteiger partial charge in [-0.25, -0.2) is 4.98 Å². The molecule has 5 heteroatoms. The van der Waals surface area contributed by atoms with E-state index in [0.29, 0.717) is 12.2 Å². The Morgan fingerprint density at radius 3 is 2.94 bits per heavy atom. The topological polar surface area (TPSA) is 47.8 Å². The maximum atomic E-state index is 11.9. The summed E-state index contributed by atoms with van der Waals surface area (Å²) in [6.45, 7) is 0. The average Bonchev–Trinajstić information content (AvgIpc) is 2.64. The summed E-state index contributed by atoms with van der Waals surface area (Å²) in [5, 5.41) is 0. The van der Waals surface area contributed by atoms with Gasteiger partial charge in [0.2, 0.25) is 5.78 Å². The van der Waals surface area contributed by atoms with Gasteiger partial charge in [0.25, 0.3) is 0 Å². The predicted molar refractivity (Wildman–Crippen MR) is 63.2 cm³/mol. The van der Waals surface area contributed by atoms with E-state index in [1.807, 2.05) is 6.07 Å². The molecule has 0 aliphatic carbocycles. The molecule has 4 nitrogen and oxygen atoms in total. The zero-order valence-electron chi connectivity index (χ0n) is 8.72. The number of aryl methyl sites for hydroxylation is 1. The molecule has 16 heavy (non-hydrogen) atoms. The van der Waals surface area contributed by atoms with Crippen LogP contribution in [-0.4, -0.2) is 20.3 Å². The lowest BCUT2D eigenvalue weighted by molar-refractivity contribution is 0.0980. The number of pyridine rings is 1. The molecule has 0 aliphatic rings. The van der Waals surface area contributed by atoms with Crippen LogP contribution in [0.15, 0.2) is 35.3 Å². The smallest absolute Gasteiger partial charge is 0.202 e. The van der Waals surface area contributed by atoms with Gasteiger partial charge >= 0.3 is 0 Å². The van der Waals surface area contributed by atoms with Gasteiger partial charge in [0.1, 0.15) is 0 Å². The minimum atomic E-state index is -0.00704. The van der Waals surface area contributed by atoms with Gasteiger partial charge in [0.05, 0.1) is 0 Å². The van der Waals surface area contributed by atoms with E-state index >= 15 is 0 Å². The third kappa shape index (κ3) is 2.36. The Hall–Kier alpha value is -1.49. The van der Waals surface area contributed by atoms with Crippen LogP contribution in [0.1, 0.15) is 16.2 Å². The average molecular weight is 280 g/mol. The monoisotopic (exact) mass is 279 g/mol. The molecule has 0 fully saturated rings. The van der Waals surface area contributed by atoms with Gasteiger partial charge < -0.3 is 4.57 Å². The van der Waals surface area contributed by atoms with Gasteiger partial charge in [-0.1, -0.05) is 0 Å². The van der Waals surface area contributed by atoms with E-state index in [1.165, 1.54) is 0 Å². The first-order valence-corrected chi connectivity index (χ1v) is 5.56. The van der Waals surface area contributed by atoms with Crippen LogP contribution in [0.4, 0.5) is 0 Å². The van der Waals surface area contributed by atoms with E-state index in [4.69, 9.17) is 0 Å². The molecule has 2 rings (SSSR count). The molecule has 0 saturated carbocycles. The molecule has 0 spiro atoms. The Bertz CT molecular complexity index is 521. The molecule has 2 heterocycles. The molecule has 0 saturated heterocycles. The van der Waals surface area contributed by atoms with E-state index in [-0.39, 0.29) is 5.78 Å². The van der Waals surface area contributed by atoms with Gasteiger partial charge in [-0.15, -0.1) is 0 Å². The number of nitrogens with zero attached hydrogens (tertiary/aromatic N) is 3. The van der Waals surface area contributed by atoms with Crippen LogP contribution >= 0.6 is 15.9 Å². The SMILES string of the molecule is Cn1ccnc1C(=O)Cc1cncc(Br)c1. The van der Waals surface area contributed by atoms with Crippen molar-refractivity contribution in [2.45, 2.75) is 6.42 Å². The lowest BCUT2D eigenvalue weighted by Crippen LogP contribution is -2.10. The number of carbonyl (C=O) groups is 1. The second-order valence-corrected chi connectivity index (χ2v) is 4.39. The molecule has 0 aliphatic heterocycles. The second-order valence-electron chi connectivity index (χ2n) is 3.47. The van der Waals surface area contributed by atoms with Crippen molar-refractivity contribution in [3.05, 3.63) is 46.7 Å². The van der Waals surface area contributed by atoms with Crippen molar-refractivity contribution < 1.29 is 4.79 Å². The highest BCUT2D eigenvalue weighted by atomic mass is 79.9. The first-order chi connectivity index (χ1) is 7.66. The van der Waals surface area contributed by atoms with E-state index in [1.54, 1.807) is 36.4 Å². The summed E-state index contributed by atoms with van der Waals surface area (Å²) in [7, 11) is 1.80. The molecule has 0 amide bonds. The summed E-state index contributed by atoms with van der Waals surface area (Å²) in [5.74, 6) is 0.465. The zero-order valence-corrected chi connectivity index (χ0v) is 10.3. The maximum absolute atomic E-state index is 11.9. The summed E-state index contributed by atoms with van der Waals surface area (Å²) in [4.78, 5) is 19.9. The first-order valence-electron chi connectivity index (χ1n) is 4.77. The van der Waals surface area contributed by atoms with E-state index in [2.05, 4.69) is 25.9 Å². The number of aromatic nitrogens is 3. The van der Waals surface area contributed by atoms with Gasteiger partial charge in [-0.2, -0.15) is 0 Å². The second kappa shape index (κ2) is 4.57. The van der Waals surface area contributed by atoms with Crippen LogP contribution in [0.3, 0.4) is 0 Å². The lowest BCUT2D eigenvalue weighted by atomic mass is 10.1. The number of Topliss-reactive ketones (excluding diaryl/α,β-unsaturated/α-hetero) is 1. The fourth-order valence-electron chi connectivity index (χ4n) is 1.45. The largest absolute Gasteiger partial charge is 0.332 e. The highest BCUT2D eigenvalue weighted by Gasteiger charge is 2.11.